The Morgan fingerprint density at radius 3 is 2.78 bits per heavy atom. The number of nitrogens with one attached hydrogen (secondary N) is 2. The highest BCUT2D eigenvalue weighted by Crippen LogP contribution is 2.24. The van der Waals surface area contributed by atoms with E-state index >= 15 is 0 Å². The van der Waals surface area contributed by atoms with Crippen LogP contribution in [0, 0.1) is 3.57 Å². The maximum absolute atomic E-state index is 11.7. The van der Waals surface area contributed by atoms with E-state index < -0.39 is 0 Å². The third kappa shape index (κ3) is 3.14. The molecule has 1 aromatic rings. The minimum Gasteiger partial charge on any atom is -0.368 e. The molecule has 0 spiro atoms. The Morgan fingerprint density at radius 2 is 2.17 bits per heavy atom. The van der Waals surface area contributed by atoms with Crippen LogP contribution in [-0.4, -0.2) is 38.6 Å². The van der Waals surface area contributed by atoms with Crippen molar-refractivity contribution in [2.45, 2.75) is 6.92 Å². The SMILES string of the molecule is CCNC(=O)c1ccc(N2CCNCC2)c(I)c1. The molecular formula is C13H18IN3O. The fourth-order valence-electron chi connectivity index (χ4n) is 2.07. The zero-order valence-corrected chi connectivity index (χ0v) is 12.7. The number of nitrogens with zero attached hydrogens (tertiary/aromatic N) is 1. The van der Waals surface area contributed by atoms with Gasteiger partial charge >= 0.3 is 0 Å². The van der Waals surface area contributed by atoms with Crippen LogP contribution in [0.2, 0.25) is 0 Å². The first-order valence-corrected chi connectivity index (χ1v) is 7.33. The molecule has 98 valence electrons. The summed E-state index contributed by atoms with van der Waals surface area (Å²) in [6.07, 6.45) is 0. The van der Waals surface area contributed by atoms with E-state index in [1.165, 1.54) is 5.69 Å². The first-order chi connectivity index (χ1) is 8.72. The van der Waals surface area contributed by atoms with Gasteiger partial charge in [0.25, 0.3) is 5.91 Å². The minimum absolute atomic E-state index is 0.00211. The third-order valence-corrected chi connectivity index (χ3v) is 3.87. The number of amides is 1. The van der Waals surface area contributed by atoms with E-state index in [-0.39, 0.29) is 5.91 Å². The minimum atomic E-state index is 0.00211. The van der Waals surface area contributed by atoms with Gasteiger partial charge in [-0.2, -0.15) is 0 Å². The van der Waals surface area contributed by atoms with Gasteiger partial charge in [0.05, 0.1) is 5.69 Å². The second-order valence-electron chi connectivity index (χ2n) is 4.26. The Hall–Kier alpha value is -0.820. The predicted octanol–water partition coefficient (Wildman–Crippen LogP) is 1.45. The number of halogens is 1. The molecule has 2 rings (SSSR count). The van der Waals surface area contributed by atoms with Crippen molar-refractivity contribution in [3.63, 3.8) is 0 Å². The Bertz CT molecular complexity index is 430. The molecule has 1 amide bonds. The number of hydrogen-bond donors (Lipinski definition) is 2. The van der Waals surface area contributed by atoms with Crippen molar-refractivity contribution >= 4 is 34.2 Å². The van der Waals surface area contributed by atoms with Crippen LogP contribution >= 0.6 is 22.6 Å². The van der Waals surface area contributed by atoms with Crippen LogP contribution in [0.4, 0.5) is 5.69 Å². The molecule has 4 nitrogen and oxygen atoms in total. The Labute approximate surface area is 121 Å². The van der Waals surface area contributed by atoms with Gasteiger partial charge in [0.2, 0.25) is 0 Å². The van der Waals surface area contributed by atoms with Crippen LogP contribution in [0.15, 0.2) is 18.2 Å². The fourth-order valence-corrected chi connectivity index (χ4v) is 2.93. The van der Waals surface area contributed by atoms with E-state index in [0.717, 1.165) is 35.3 Å². The van der Waals surface area contributed by atoms with E-state index in [9.17, 15) is 4.79 Å². The van der Waals surface area contributed by atoms with Gasteiger partial charge < -0.3 is 15.5 Å². The summed E-state index contributed by atoms with van der Waals surface area (Å²) in [5.74, 6) is 0.00211. The normalized spacial score (nSPS) is 15.6. The first kappa shape index (κ1) is 13.6. The number of carbonyl (C=O) groups is 1. The average molecular weight is 359 g/mol. The third-order valence-electron chi connectivity index (χ3n) is 3.00. The van der Waals surface area contributed by atoms with Crippen LogP contribution in [0.25, 0.3) is 0 Å². The molecule has 1 aromatic carbocycles. The zero-order valence-electron chi connectivity index (χ0n) is 10.5. The zero-order chi connectivity index (χ0) is 13.0. The lowest BCUT2D eigenvalue weighted by Gasteiger charge is -2.30. The van der Waals surface area contributed by atoms with Gasteiger partial charge in [-0.3, -0.25) is 4.79 Å². The van der Waals surface area contributed by atoms with Gasteiger partial charge in [-0.25, -0.2) is 0 Å². The summed E-state index contributed by atoms with van der Waals surface area (Å²) >= 11 is 2.31. The second kappa shape index (κ2) is 6.38. The molecule has 5 heteroatoms. The van der Waals surface area contributed by atoms with Crippen LogP contribution in [0.1, 0.15) is 17.3 Å². The molecule has 0 aromatic heterocycles. The van der Waals surface area contributed by atoms with E-state index in [2.05, 4.69) is 44.2 Å². The molecule has 0 unspecified atom stereocenters. The molecule has 1 fully saturated rings. The molecule has 0 aliphatic carbocycles. The number of benzene rings is 1. The molecule has 0 radical (unpaired) electrons. The van der Waals surface area contributed by atoms with Crippen LogP contribution in [-0.2, 0) is 0 Å². The lowest BCUT2D eigenvalue weighted by molar-refractivity contribution is 0.0956. The summed E-state index contributed by atoms with van der Waals surface area (Å²) in [6.45, 7) is 6.68. The summed E-state index contributed by atoms with van der Waals surface area (Å²) in [5.41, 5.74) is 1.96. The number of piperazine rings is 1. The monoisotopic (exact) mass is 359 g/mol. The molecule has 18 heavy (non-hydrogen) atoms. The highest BCUT2D eigenvalue weighted by molar-refractivity contribution is 14.1. The molecule has 0 bridgehead atoms. The van der Waals surface area contributed by atoms with Crippen molar-refractivity contribution in [3.8, 4) is 0 Å². The molecule has 0 atom stereocenters. The van der Waals surface area contributed by atoms with Crippen molar-refractivity contribution < 1.29 is 4.79 Å². The van der Waals surface area contributed by atoms with Gasteiger partial charge in [-0.15, -0.1) is 0 Å². The van der Waals surface area contributed by atoms with Crippen molar-refractivity contribution in [3.05, 3.63) is 27.3 Å². The summed E-state index contributed by atoms with van der Waals surface area (Å²) in [6, 6.07) is 5.92. The molecule has 1 aliphatic heterocycles. The second-order valence-corrected chi connectivity index (χ2v) is 5.42. The van der Waals surface area contributed by atoms with Crippen LogP contribution in [0.3, 0.4) is 0 Å². The number of carbonyl (C=O) groups excluding carboxylic acids is 1. The molecular weight excluding hydrogens is 341 g/mol. The van der Waals surface area contributed by atoms with Crippen molar-refractivity contribution in [2.24, 2.45) is 0 Å². The van der Waals surface area contributed by atoms with Gasteiger partial charge in [-0.05, 0) is 47.7 Å². The predicted molar refractivity (Wildman–Crippen MR) is 82.2 cm³/mol. The number of hydrogen-bond acceptors (Lipinski definition) is 3. The highest BCUT2D eigenvalue weighted by atomic mass is 127. The summed E-state index contributed by atoms with van der Waals surface area (Å²) in [5, 5.41) is 6.16. The topological polar surface area (TPSA) is 44.4 Å². The lowest BCUT2D eigenvalue weighted by Crippen LogP contribution is -2.43. The van der Waals surface area contributed by atoms with Crippen molar-refractivity contribution in [1.29, 1.82) is 0 Å². The Kier molecular flexibility index (Phi) is 4.82. The number of rotatable bonds is 3. The number of anilines is 1. The maximum Gasteiger partial charge on any atom is 0.251 e. The van der Waals surface area contributed by atoms with E-state index in [4.69, 9.17) is 0 Å². The average Bonchev–Trinajstić information content (AvgIpc) is 2.40. The molecule has 2 N–H and O–H groups in total. The lowest BCUT2D eigenvalue weighted by atomic mass is 10.1. The van der Waals surface area contributed by atoms with Gasteiger partial charge in [0.15, 0.2) is 0 Å². The Balaban J connectivity index is 2.16. The van der Waals surface area contributed by atoms with Crippen LogP contribution < -0.4 is 15.5 Å². The van der Waals surface area contributed by atoms with Gasteiger partial charge in [-0.1, -0.05) is 0 Å². The van der Waals surface area contributed by atoms with Crippen LogP contribution in [0.5, 0.6) is 0 Å². The van der Waals surface area contributed by atoms with Crippen molar-refractivity contribution in [2.75, 3.05) is 37.6 Å². The maximum atomic E-state index is 11.7. The molecule has 0 saturated carbocycles. The summed E-state index contributed by atoms with van der Waals surface area (Å²) in [7, 11) is 0. The van der Waals surface area contributed by atoms with Gasteiger partial charge in [0, 0.05) is 41.9 Å². The summed E-state index contributed by atoms with van der Waals surface area (Å²) in [4.78, 5) is 14.1. The first-order valence-electron chi connectivity index (χ1n) is 6.25. The van der Waals surface area contributed by atoms with Gasteiger partial charge in [0.1, 0.15) is 0 Å². The van der Waals surface area contributed by atoms with E-state index in [0.29, 0.717) is 6.54 Å². The van der Waals surface area contributed by atoms with E-state index in [1.807, 2.05) is 19.1 Å². The molecule has 1 aliphatic rings. The standard InChI is InChI=1S/C13H18IN3O/c1-2-16-13(18)10-3-4-12(11(14)9-10)17-7-5-15-6-8-17/h3-4,9,15H,2,5-8H2,1H3,(H,16,18). The molecule has 1 saturated heterocycles. The fraction of sp³-hybridized carbons (Fsp3) is 0.462. The highest BCUT2D eigenvalue weighted by Gasteiger charge is 2.14. The Morgan fingerprint density at radius 1 is 1.44 bits per heavy atom. The molecule has 1 heterocycles. The largest absolute Gasteiger partial charge is 0.368 e. The summed E-state index contributed by atoms with van der Waals surface area (Å²) < 4.78 is 1.14. The van der Waals surface area contributed by atoms with E-state index in [1.54, 1.807) is 0 Å². The quantitative estimate of drug-likeness (QED) is 0.804. The van der Waals surface area contributed by atoms with Crippen molar-refractivity contribution in [1.82, 2.24) is 10.6 Å². The smallest absolute Gasteiger partial charge is 0.251 e.